The zero-order chi connectivity index (χ0) is 14.8. The lowest BCUT2D eigenvalue weighted by Crippen LogP contribution is -2.25. The van der Waals surface area contributed by atoms with Crippen LogP contribution in [0.3, 0.4) is 0 Å². The van der Waals surface area contributed by atoms with Crippen molar-refractivity contribution in [1.82, 2.24) is 9.47 Å². The molecule has 3 heteroatoms. The zero-order valence-corrected chi connectivity index (χ0v) is 13.1. The summed E-state index contributed by atoms with van der Waals surface area (Å²) in [6, 6.07) is 7.84. The van der Waals surface area contributed by atoms with Crippen molar-refractivity contribution in [2.24, 2.45) is 0 Å². The van der Waals surface area contributed by atoms with Gasteiger partial charge in [0.05, 0.1) is 5.52 Å². The van der Waals surface area contributed by atoms with E-state index in [4.69, 9.17) is 0 Å². The standard InChI is InChI=1S/C18H25FN2/c1-14(2)21-16(13-20-10-5-3-4-6-11-20)12-15-8-7-9-17(19)18(15)21/h7-9,12,14H,3-6,10-11,13H2,1-2H3. The third-order valence-electron chi connectivity index (χ3n) is 4.49. The van der Waals surface area contributed by atoms with Crippen LogP contribution in [0.2, 0.25) is 0 Å². The molecule has 114 valence electrons. The van der Waals surface area contributed by atoms with E-state index >= 15 is 0 Å². The Bertz CT molecular complexity index is 607. The number of aromatic nitrogens is 1. The van der Waals surface area contributed by atoms with E-state index in [0.717, 1.165) is 17.4 Å². The number of nitrogens with zero attached hydrogens (tertiary/aromatic N) is 2. The van der Waals surface area contributed by atoms with Gasteiger partial charge >= 0.3 is 0 Å². The molecule has 0 saturated carbocycles. The molecule has 1 fully saturated rings. The molecule has 0 N–H and O–H groups in total. The van der Waals surface area contributed by atoms with Crippen LogP contribution in [0.25, 0.3) is 10.9 Å². The van der Waals surface area contributed by atoms with Gasteiger partial charge in [-0.3, -0.25) is 4.90 Å². The number of hydrogen-bond acceptors (Lipinski definition) is 1. The highest BCUT2D eigenvalue weighted by Gasteiger charge is 2.17. The first kappa shape index (κ1) is 14.6. The average molecular weight is 288 g/mol. The van der Waals surface area contributed by atoms with Crippen molar-refractivity contribution in [3.8, 4) is 0 Å². The second-order valence-electron chi connectivity index (χ2n) is 6.47. The van der Waals surface area contributed by atoms with Gasteiger partial charge in [0.1, 0.15) is 5.82 Å². The average Bonchev–Trinajstić information content (AvgIpc) is 2.63. The molecule has 0 radical (unpaired) electrons. The Morgan fingerprint density at radius 3 is 2.48 bits per heavy atom. The normalized spacial score (nSPS) is 17.5. The van der Waals surface area contributed by atoms with E-state index in [0.29, 0.717) is 0 Å². The number of para-hydroxylation sites is 1. The molecule has 21 heavy (non-hydrogen) atoms. The van der Waals surface area contributed by atoms with E-state index < -0.39 is 0 Å². The minimum Gasteiger partial charge on any atom is -0.338 e. The number of halogens is 1. The molecule has 1 aliphatic heterocycles. The maximum absolute atomic E-state index is 14.2. The predicted octanol–water partition coefficient (Wildman–Crippen LogP) is 4.74. The van der Waals surface area contributed by atoms with Crippen LogP contribution >= 0.6 is 0 Å². The molecule has 3 rings (SSSR count). The molecule has 0 amide bonds. The molecule has 0 atom stereocenters. The van der Waals surface area contributed by atoms with Crippen LogP contribution < -0.4 is 0 Å². The molecule has 0 spiro atoms. The molecule has 2 heterocycles. The molecule has 0 unspecified atom stereocenters. The number of rotatable bonds is 3. The molecule has 2 nitrogen and oxygen atoms in total. The molecule has 2 aromatic rings. The summed E-state index contributed by atoms with van der Waals surface area (Å²) >= 11 is 0. The van der Waals surface area contributed by atoms with E-state index in [1.54, 1.807) is 12.1 Å². The summed E-state index contributed by atoms with van der Waals surface area (Å²) in [4.78, 5) is 2.53. The quantitative estimate of drug-likeness (QED) is 0.792. The Balaban J connectivity index is 1.97. The van der Waals surface area contributed by atoms with Crippen LogP contribution in [-0.2, 0) is 6.54 Å². The highest BCUT2D eigenvalue weighted by Crippen LogP contribution is 2.27. The van der Waals surface area contributed by atoms with E-state index in [-0.39, 0.29) is 11.9 Å². The summed E-state index contributed by atoms with van der Waals surface area (Å²) < 4.78 is 16.4. The van der Waals surface area contributed by atoms with Crippen molar-refractivity contribution < 1.29 is 4.39 Å². The molecular formula is C18H25FN2. The Kier molecular flexibility index (Phi) is 4.29. The van der Waals surface area contributed by atoms with E-state index in [1.165, 1.54) is 44.5 Å². The van der Waals surface area contributed by atoms with Crippen molar-refractivity contribution in [1.29, 1.82) is 0 Å². The maximum atomic E-state index is 14.2. The van der Waals surface area contributed by atoms with Crippen molar-refractivity contribution in [2.75, 3.05) is 13.1 Å². The van der Waals surface area contributed by atoms with Crippen LogP contribution in [-0.4, -0.2) is 22.6 Å². The van der Waals surface area contributed by atoms with E-state index in [2.05, 4.69) is 29.4 Å². The molecule has 0 bridgehead atoms. The molecule has 0 aliphatic carbocycles. The second kappa shape index (κ2) is 6.18. The summed E-state index contributed by atoms with van der Waals surface area (Å²) in [5.41, 5.74) is 2.00. The number of hydrogen-bond donors (Lipinski definition) is 0. The minimum absolute atomic E-state index is 0.108. The summed E-state index contributed by atoms with van der Waals surface area (Å²) in [5.74, 6) is -0.108. The lowest BCUT2D eigenvalue weighted by Gasteiger charge is -2.22. The van der Waals surface area contributed by atoms with Crippen LogP contribution in [0, 0.1) is 5.82 Å². The van der Waals surface area contributed by atoms with Crippen molar-refractivity contribution in [3.05, 3.63) is 35.8 Å². The molecular weight excluding hydrogens is 263 g/mol. The zero-order valence-electron chi connectivity index (χ0n) is 13.1. The lowest BCUT2D eigenvalue weighted by molar-refractivity contribution is 0.268. The number of likely N-dealkylation sites (tertiary alicyclic amines) is 1. The van der Waals surface area contributed by atoms with Crippen LogP contribution in [0.15, 0.2) is 24.3 Å². The molecule has 1 aliphatic rings. The van der Waals surface area contributed by atoms with Gasteiger partial charge in [0, 0.05) is 23.7 Å². The highest BCUT2D eigenvalue weighted by molar-refractivity contribution is 5.82. The Hall–Kier alpha value is -1.35. The van der Waals surface area contributed by atoms with Crippen molar-refractivity contribution in [3.63, 3.8) is 0 Å². The van der Waals surface area contributed by atoms with Crippen LogP contribution in [0.5, 0.6) is 0 Å². The van der Waals surface area contributed by atoms with Gasteiger partial charge in [-0.2, -0.15) is 0 Å². The van der Waals surface area contributed by atoms with Crippen molar-refractivity contribution in [2.45, 2.75) is 52.1 Å². The number of fused-ring (bicyclic) bond motifs is 1. The molecule has 1 aromatic carbocycles. The third kappa shape index (κ3) is 2.98. The van der Waals surface area contributed by atoms with Gasteiger partial charge in [0.25, 0.3) is 0 Å². The van der Waals surface area contributed by atoms with Gasteiger partial charge in [-0.15, -0.1) is 0 Å². The smallest absolute Gasteiger partial charge is 0.147 e. The van der Waals surface area contributed by atoms with E-state index in [9.17, 15) is 4.39 Å². The SMILES string of the molecule is CC(C)n1c(CN2CCCCCC2)cc2cccc(F)c21. The molecule has 1 saturated heterocycles. The topological polar surface area (TPSA) is 8.17 Å². The summed E-state index contributed by atoms with van der Waals surface area (Å²) in [7, 11) is 0. The molecule has 1 aromatic heterocycles. The van der Waals surface area contributed by atoms with Gasteiger partial charge in [-0.1, -0.05) is 25.0 Å². The van der Waals surface area contributed by atoms with Crippen molar-refractivity contribution >= 4 is 10.9 Å². The fourth-order valence-electron chi connectivity index (χ4n) is 3.53. The minimum atomic E-state index is -0.108. The Morgan fingerprint density at radius 1 is 1.10 bits per heavy atom. The summed E-state index contributed by atoms with van der Waals surface area (Å²) in [6.45, 7) is 7.55. The van der Waals surface area contributed by atoms with Gasteiger partial charge in [-0.05, 0) is 51.9 Å². The first-order valence-corrected chi connectivity index (χ1v) is 8.17. The third-order valence-corrected chi connectivity index (χ3v) is 4.49. The van der Waals surface area contributed by atoms with Crippen LogP contribution in [0.1, 0.15) is 51.3 Å². The fraction of sp³-hybridized carbons (Fsp3) is 0.556. The predicted molar refractivity (Wildman–Crippen MR) is 86.0 cm³/mol. The Labute approximate surface area is 126 Å². The largest absolute Gasteiger partial charge is 0.338 e. The van der Waals surface area contributed by atoms with Gasteiger partial charge in [0.2, 0.25) is 0 Å². The fourth-order valence-corrected chi connectivity index (χ4v) is 3.53. The summed E-state index contributed by atoms with van der Waals surface area (Å²) in [5, 5.41) is 1.02. The van der Waals surface area contributed by atoms with Gasteiger partial charge in [-0.25, -0.2) is 4.39 Å². The second-order valence-corrected chi connectivity index (χ2v) is 6.47. The lowest BCUT2D eigenvalue weighted by atomic mass is 10.2. The number of benzene rings is 1. The Morgan fingerprint density at radius 2 is 1.81 bits per heavy atom. The highest BCUT2D eigenvalue weighted by atomic mass is 19.1. The first-order chi connectivity index (χ1) is 10.2. The van der Waals surface area contributed by atoms with E-state index in [1.807, 2.05) is 6.07 Å². The first-order valence-electron chi connectivity index (χ1n) is 8.17. The van der Waals surface area contributed by atoms with Gasteiger partial charge < -0.3 is 4.57 Å². The monoisotopic (exact) mass is 288 g/mol. The summed E-state index contributed by atoms with van der Waals surface area (Å²) in [6.07, 6.45) is 5.27. The van der Waals surface area contributed by atoms with Gasteiger partial charge in [0.15, 0.2) is 0 Å². The maximum Gasteiger partial charge on any atom is 0.147 e. The van der Waals surface area contributed by atoms with Crippen LogP contribution in [0.4, 0.5) is 4.39 Å².